The molecule has 2 N–H and O–H groups in total. The van der Waals surface area contributed by atoms with Crippen LogP contribution in [0, 0.1) is 6.92 Å². The molecule has 2 heterocycles. The molecule has 0 fully saturated rings. The molecule has 0 spiro atoms. The maximum absolute atomic E-state index is 11.5. The highest BCUT2D eigenvalue weighted by Gasteiger charge is 2.15. The predicted octanol–water partition coefficient (Wildman–Crippen LogP) is 1.59. The van der Waals surface area contributed by atoms with Crippen LogP contribution in [-0.4, -0.2) is 17.0 Å². The number of hydrogen-bond donors (Lipinski definition) is 2. The molecule has 0 bridgehead atoms. The first kappa shape index (κ1) is 13.3. The molecule has 0 atom stereocenters. The quantitative estimate of drug-likeness (QED) is 0.834. The van der Waals surface area contributed by atoms with Gasteiger partial charge in [-0.2, -0.15) is 0 Å². The number of halogens is 1. The van der Waals surface area contributed by atoms with Crippen LogP contribution in [0.25, 0.3) is 0 Å². The molecule has 7 nitrogen and oxygen atoms in total. The summed E-state index contributed by atoms with van der Waals surface area (Å²) in [5, 5.41) is 8.28. The summed E-state index contributed by atoms with van der Waals surface area (Å²) in [6.45, 7) is 1.82. The molecule has 2 aromatic heterocycles. The zero-order chi connectivity index (χ0) is 13.8. The number of nitrogens with zero attached hydrogens (tertiary/aromatic N) is 1. The lowest BCUT2D eigenvalue weighted by Gasteiger charge is -2.02. The van der Waals surface area contributed by atoms with Gasteiger partial charge in [-0.25, -0.2) is 0 Å². The number of aromatic nitrogens is 1. The zero-order valence-corrected chi connectivity index (χ0v) is 11.5. The van der Waals surface area contributed by atoms with Gasteiger partial charge >= 0.3 is 11.8 Å². The van der Waals surface area contributed by atoms with Gasteiger partial charge in [0.25, 0.3) is 0 Å². The van der Waals surface area contributed by atoms with Crippen LogP contribution < -0.4 is 10.6 Å². The highest BCUT2D eigenvalue weighted by molar-refractivity contribution is 9.10. The van der Waals surface area contributed by atoms with Crippen LogP contribution in [0.2, 0.25) is 0 Å². The zero-order valence-electron chi connectivity index (χ0n) is 9.90. The van der Waals surface area contributed by atoms with Crippen LogP contribution >= 0.6 is 15.9 Å². The fraction of sp³-hybridized carbons (Fsp3) is 0.182. The lowest BCUT2D eigenvalue weighted by Crippen LogP contribution is -2.34. The number of hydrogen-bond acceptors (Lipinski definition) is 5. The van der Waals surface area contributed by atoms with E-state index in [-0.39, 0.29) is 12.4 Å². The Morgan fingerprint density at radius 3 is 2.74 bits per heavy atom. The number of amides is 2. The van der Waals surface area contributed by atoms with Crippen molar-refractivity contribution in [3.63, 3.8) is 0 Å². The molecule has 0 unspecified atom stereocenters. The van der Waals surface area contributed by atoms with Crippen molar-refractivity contribution in [3.8, 4) is 0 Å². The van der Waals surface area contributed by atoms with Crippen LogP contribution in [0.15, 0.2) is 31.8 Å². The minimum absolute atomic E-state index is 0.118. The summed E-state index contributed by atoms with van der Waals surface area (Å²) in [5.74, 6) is -0.967. The van der Waals surface area contributed by atoms with Gasteiger partial charge in [0.15, 0.2) is 4.67 Å². The Balaban J connectivity index is 1.84. The van der Waals surface area contributed by atoms with Crippen LogP contribution in [0.3, 0.4) is 0 Å². The summed E-state index contributed by atoms with van der Waals surface area (Å²) in [6.07, 6.45) is 0. The number of carbonyl (C=O) groups is 2. The third-order valence-electron chi connectivity index (χ3n) is 2.12. The van der Waals surface area contributed by atoms with E-state index >= 15 is 0 Å². The minimum atomic E-state index is -0.832. The lowest BCUT2D eigenvalue weighted by molar-refractivity contribution is -0.136. The SMILES string of the molecule is Cc1cc(NC(=O)C(=O)NCc2ccc(Br)o2)on1. The highest BCUT2D eigenvalue weighted by Crippen LogP contribution is 2.13. The molecule has 0 saturated heterocycles. The molecule has 0 aliphatic rings. The second kappa shape index (κ2) is 5.70. The van der Waals surface area contributed by atoms with Gasteiger partial charge in [-0.3, -0.25) is 14.9 Å². The number of carbonyl (C=O) groups excluding carboxylic acids is 2. The normalized spacial score (nSPS) is 10.2. The highest BCUT2D eigenvalue weighted by atomic mass is 79.9. The average Bonchev–Trinajstić information content (AvgIpc) is 2.95. The van der Waals surface area contributed by atoms with E-state index in [1.165, 1.54) is 6.07 Å². The van der Waals surface area contributed by atoms with E-state index in [9.17, 15) is 9.59 Å². The molecule has 8 heteroatoms. The smallest absolute Gasteiger partial charge is 0.316 e. The number of furan rings is 1. The third-order valence-corrected chi connectivity index (χ3v) is 2.55. The van der Waals surface area contributed by atoms with Crippen molar-refractivity contribution in [2.24, 2.45) is 0 Å². The fourth-order valence-corrected chi connectivity index (χ4v) is 1.63. The Bertz CT molecular complexity index is 605. The number of rotatable bonds is 3. The summed E-state index contributed by atoms with van der Waals surface area (Å²) in [6, 6.07) is 4.88. The van der Waals surface area contributed by atoms with Crippen LogP contribution in [0.4, 0.5) is 5.88 Å². The largest absolute Gasteiger partial charge is 0.452 e. The van der Waals surface area contributed by atoms with Crippen molar-refractivity contribution in [2.45, 2.75) is 13.5 Å². The van der Waals surface area contributed by atoms with Gasteiger partial charge in [0.1, 0.15) is 5.76 Å². The average molecular weight is 328 g/mol. The van der Waals surface area contributed by atoms with E-state index in [1.807, 2.05) is 0 Å². The first-order valence-corrected chi connectivity index (χ1v) is 6.10. The first-order valence-electron chi connectivity index (χ1n) is 5.31. The molecule has 0 aliphatic carbocycles. The Morgan fingerprint density at radius 2 is 2.16 bits per heavy atom. The molecule has 2 rings (SSSR count). The van der Waals surface area contributed by atoms with Gasteiger partial charge < -0.3 is 14.3 Å². The van der Waals surface area contributed by atoms with E-state index < -0.39 is 11.8 Å². The summed E-state index contributed by atoms with van der Waals surface area (Å²) in [4.78, 5) is 23.0. The van der Waals surface area contributed by atoms with Gasteiger partial charge in [-0.15, -0.1) is 0 Å². The molecule has 0 aliphatic heterocycles. The van der Waals surface area contributed by atoms with Crippen molar-refractivity contribution >= 4 is 33.6 Å². The number of anilines is 1. The van der Waals surface area contributed by atoms with Crippen molar-refractivity contribution in [2.75, 3.05) is 5.32 Å². The van der Waals surface area contributed by atoms with Crippen molar-refractivity contribution in [3.05, 3.63) is 34.3 Å². The Labute approximate surface area is 116 Å². The fourth-order valence-electron chi connectivity index (χ4n) is 1.29. The Kier molecular flexibility index (Phi) is 4.00. The Morgan fingerprint density at radius 1 is 1.37 bits per heavy atom. The van der Waals surface area contributed by atoms with E-state index in [0.717, 1.165) is 0 Å². The Hall–Kier alpha value is -2.09. The molecule has 0 saturated carbocycles. The van der Waals surface area contributed by atoms with Crippen LogP contribution in [0.5, 0.6) is 0 Å². The molecule has 0 aromatic carbocycles. The van der Waals surface area contributed by atoms with Crippen molar-refractivity contribution in [1.82, 2.24) is 10.5 Å². The summed E-state index contributed by atoms with van der Waals surface area (Å²) < 4.78 is 10.5. The van der Waals surface area contributed by atoms with Gasteiger partial charge in [0.2, 0.25) is 5.88 Å². The summed E-state index contributed by atoms with van der Waals surface area (Å²) >= 11 is 3.14. The lowest BCUT2D eigenvalue weighted by atomic mass is 10.4. The van der Waals surface area contributed by atoms with Crippen molar-refractivity contribution < 1.29 is 18.5 Å². The molecule has 19 heavy (non-hydrogen) atoms. The van der Waals surface area contributed by atoms with Crippen LogP contribution in [0.1, 0.15) is 11.5 Å². The molecular weight excluding hydrogens is 318 g/mol. The molecule has 2 aromatic rings. The van der Waals surface area contributed by atoms with E-state index in [4.69, 9.17) is 8.94 Å². The standard InChI is InChI=1S/C11H10BrN3O4/c1-6-4-9(19-15-6)14-11(17)10(16)13-5-7-2-3-8(12)18-7/h2-4H,5H2,1H3,(H,13,16)(H,14,17). The summed E-state index contributed by atoms with van der Waals surface area (Å²) in [5.41, 5.74) is 0.608. The second-order valence-corrected chi connectivity index (χ2v) is 4.46. The topological polar surface area (TPSA) is 97.4 Å². The molecular formula is C11H10BrN3O4. The van der Waals surface area contributed by atoms with E-state index in [1.54, 1.807) is 19.1 Å². The minimum Gasteiger partial charge on any atom is -0.452 e. The monoisotopic (exact) mass is 327 g/mol. The predicted molar refractivity (Wildman–Crippen MR) is 68.1 cm³/mol. The van der Waals surface area contributed by atoms with Crippen LogP contribution in [-0.2, 0) is 16.1 Å². The summed E-state index contributed by atoms with van der Waals surface area (Å²) in [7, 11) is 0. The van der Waals surface area contributed by atoms with Gasteiger partial charge in [-0.05, 0) is 35.0 Å². The van der Waals surface area contributed by atoms with Gasteiger partial charge in [-0.1, -0.05) is 5.16 Å². The van der Waals surface area contributed by atoms with E-state index in [2.05, 4.69) is 31.7 Å². The van der Waals surface area contributed by atoms with Gasteiger partial charge in [0, 0.05) is 6.07 Å². The maximum atomic E-state index is 11.5. The number of aryl methyl sites for hydroxylation is 1. The molecule has 0 radical (unpaired) electrons. The molecule has 2 amide bonds. The van der Waals surface area contributed by atoms with Crippen molar-refractivity contribution in [1.29, 1.82) is 0 Å². The maximum Gasteiger partial charge on any atom is 0.316 e. The number of nitrogens with one attached hydrogen (secondary N) is 2. The second-order valence-electron chi connectivity index (χ2n) is 3.68. The van der Waals surface area contributed by atoms with E-state index in [0.29, 0.717) is 16.1 Å². The third kappa shape index (κ3) is 3.68. The van der Waals surface area contributed by atoms with Gasteiger partial charge in [0.05, 0.1) is 12.2 Å². The first-order chi connectivity index (χ1) is 9.04. The molecule has 100 valence electrons.